The zero-order valence-electron chi connectivity index (χ0n) is 17.1. The molecule has 0 spiro atoms. The van der Waals surface area contributed by atoms with E-state index in [0.29, 0.717) is 0 Å². The highest BCUT2D eigenvalue weighted by atomic mass is 32.2. The monoisotopic (exact) mass is 439 g/mol. The zero-order valence-corrected chi connectivity index (χ0v) is 18.8. The summed E-state index contributed by atoms with van der Waals surface area (Å²) in [7, 11) is 0. The quantitative estimate of drug-likeness (QED) is 0.585. The Bertz CT molecular complexity index is 1020. The van der Waals surface area contributed by atoms with Crippen LogP contribution in [0.4, 0.5) is 5.69 Å². The first kappa shape index (κ1) is 20.9. The van der Waals surface area contributed by atoms with Crippen LogP contribution in [0.2, 0.25) is 0 Å². The van der Waals surface area contributed by atoms with Crippen LogP contribution < -0.4 is 5.32 Å². The fourth-order valence-electron chi connectivity index (χ4n) is 3.66. The van der Waals surface area contributed by atoms with Crippen molar-refractivity contribution in [3.8, 4) is 0 Å². The molecule has 1 fully saturated rings. The van der Waals surface area contributed by atoms with Gasteiger partial charge in [-0.2, -0.15) is 0 Å². The van der Waals surface area contributed by atoms with Gasteiger partial charge in [-0.15, -0.1) is 23.1 Å². The van der Waals surface area contributed by atoms with Gasteiger partial charge in [0.2, 0.25) is 11.8 Å². The molecular formula is C23H25N3O2S2. The van der Waals surface area contributed by atoms with Crippen LogP contribution in [0.3, 0.4) is 0 Å². The number of thioether (sulfide) groups is 1. The van der Waals surface area contributed by atoms with E-state index in [4.69, 9.17) is 4.98 Å². The number of fused-ring (bicyclic) bond motifs is 1. The smallest absolute Gasteiger partial charge is 0.236 e. The highest BCUT2D eigenvalue weighted by Crippen LogP contribution is 2.37. The summed E-state index contributed by atoms with van der Waals surface area (Å²) in [5.74, 6) is 0.248. The van der Waals surface area contributed by atoms with Crippen molar-refractivity contribution in [1.82, 2.24) is 9.88 Å². The minimum absolute atomic E-state index is 0.0411. The Morgan fingerprint density at radius 1 is 1.23 bits per heavy atom. The standard InChI is InChI=1S/C23H25N3O2S2/c1-15-9-11-17(12-10-15)24-21(27)14-29-16(2)23(28)26-13-5-7-19(26)22-25-18-6-3-4-8-20(18)30-22/h3-4,6,8-12,16,19H,5,7,13-14H2,1-2H3,(H,24,27). The molecule has 0 bridgehead atoms. The largest absolute Gasteiger partial charge is 0.332 e. The first-order chi connectivity index (χ1) is 14.5. The maximum absolute atomic E-state index is 13.1. The third-order valence-corrected chi connectivity index (χ3v) is 7.55. The van der Waals surface area contributed by atoms with Crippen LogP contribution in [-0.4, -0.2) is 39.2 Å². The number of amides is 2. The molecule has 0 aliphatic carbocycles. The average Bonchev–Trinajstić information content (AvgIpc) is 3.39. The molecule has 1 N–H and O–H groups in total. The van der Waals surface area contributed by atoms with Crippen LogP contribution in [0.15, 0.2) is 48.5 Å². The summed E-state index contributed by atoms with van der Waals surface area (Å²) in [4.78, 5) is 32.1. The molecule has 2 unspecified atom stereocenters. The molecule has 1 aromatic heterocycles. The summed E-state index contributed by atoms with van der Waals surface area (Å²) in [6.45, 7) is 4.65. The Morgan fingerprint density at radius 3 is 2.77 bits per heavy atom. The van der Waals surface area contributed by atoms with Gasteiger partial charge in [0.05, 0.1) is 27.3 Å². The van der Waals surface area contributed by atoms with Crippen molar-refractivity contribution >= 4 is 50.8 Å². The number of nitrogens with zero attached hydrogens (tertiary/aromatic N) is 2. The van der Waals surface area contributed by atoms with Crippen molar-refractivity contribution in [1.29, 1.82) is 0 Å². The molecule has 0 saturated carbocycles. The van der Waals surface area contributed by atoms with Crippen molar-refractivity contribution in [2.24, 2.45) is 0 Å². The van der Waals surface area contributed by atoms with Gasteiger partial charge in [-0.05, 0) is 51.0 Å². The number of nitrogens with one attached hydrogen (secondary N) is 1. The van der Waals surface area contributed by atoms with Gasteiger partial charge >= 0.3 is 0 Å². The van der Waals surface area contributed by atoms with E-state index in [-0.39, 0.29) is 28.9 Å². The molecule has 1 saturated heterocycles. The summed E-state index contributed by atoms with van der Waals surface area (Å²) in [6.07, 6.45) is 1.93. The molecule has 30 heavy (non-hydrogen) atoms. The van der Waals surface area contributed by atoms with E-state index in [9.17, 15) is 9.59 Å². The van der Waals surface area contributed by atoms with Crippen LogP contribution in [0.25, 0.3) is 10.2 Å². The predicted octanol–water partition coefficient (Wildman–Crippen LogP) is 5.03. The van der Waals surface area contributed by atoms with Gasteiger partial charge in [0, 0.05) is 12.2 Å². The number of carbonyl (C=O) groups excluding carboxylic acids is 2. The fraction of sp³-hybridized carbons (Fsp3) is 0.348. The van der Waals surface area contributed by atoms with E-state index < -0.39 is 0 Å². The molecular weight excluding hydrogens is 414 g/mol. The van der Waals surface area contributed by atoms with Gasteiger partial charge in [0.15, 0.2) is 0 Å². The first-order valence-corrected chi connectivity index (χ1v) is 12.0. The normalized spacial score (nSPS) is 17.3. The van der Waals surface area contributed by atoms with Crippen LogP contribution in [-0.2, 0) is 9.59 Å². The lowest BCUT2D eigenvalue weighted by Crippen LogP contribution is -2.36. The third-order valence-electron chi connectivity index (χ3n) is 5.28. The van der Waals surface area contributed by atoms with Gasteiger partial charge in [-0.1, -0.05) is 29.8 Å². The second-order valence-electron chi connectivity index (χ2n) is 7.58. The molecule has 5 nitrogen and oxygen atoms in total. The van der Waals surface area contributed by atoms with Crippen LogP contribution in [0.5, 0.6) is 0 Å². The highest BCUT2D eigenvalue weighted by molar-refractivity contribution is 8.01. The summed E-state index contributed by atoms with van der Waals surface area (Å²) >= 11 is 3.06. The van der Waals surface area contributed by atoms with E-state index in [1.165, 1.54) is 11.8 Å². The number of hydrogen-bond acceptors (Lipinski definition) is 5. The lowest BCUT2D eigenvalue weighted by molar-refractivity contribution is -0.131. The molecule has 0 radical (unpaired) electrons. The minimum atomic E-state index is -0.274. The molecule has 2 atom stereocenters. The Labute approximate surface area is 184 Å². The maximum Gasteiger partial charge on any atom is 0.236 e. The topological polar surface area (TPSA) is 62.3 Å². The van der Waals surface area contributed by atoms with E-state index in [1.54, 1.807) is 11.3 Å². The number of thiazole rings is 1. The van der Waals surface area contributed by atoms with Crippen molar-refractivity contribution in [2.75, 3.05) is 17.6 Å². The molecule has 2 amide bonds. The van der Waals surface area contributed by atoms with Gasteiger partial charge in [-0.25, -0.2) is 4.98 Å². The van der Waals surface area contributed by atoms with Crippen LogP contribution >= 0.6 is 23.1 Å². The summed E-state index contributed by atoms with van der Waals surface area (Å²) < 4.78 is 1.15. The molecule has 1 aliphatic rings. The molecule has 4 rings (SSSR count). The number of rotatable bonds is 6. The SMILES string of the molecule is Cc1ccc(NC(=O)CSC(C)C(=O)N2CCCC2c2nc3ccccc3s2)cc1. The Morgan fingerprint density at radius 2 is 2.00 bits per heavy atom. The van der Waals surface area contributed by atoms with Gasteiger partial charge in [-0.3, -0.25) is 9.59 Å². The fourth-order valence-corrected chi connectivity index (χ4v) is 5.53. The van der Waals surface area contributed by atoms with Crippen molar-refractivity contribution < 1.29 is 9.59 Å². The van der Waals surface area contributed by atoms with E-state index >= 15 is 0 Å². The summed E-state index contributed by atoms with van der Waals surface area (Å²) in [5, 5.41) is 3.63. The van der Waals surface area contributed by atoms with Gasteiger partial charge in [0.1, 0.15) is 5.01 Å². The molecule has 7 heteroatoms. The molecule has 3 aromatic rings. The summed E-state index contributed by atoms with van der Waals surface area (Å²) in [5.41, 5.74) is 2.92. The van der Waals surface area contributed by atoms with E-state index in [1.807, 2.05) is 61.2 Å². The number of anilines is 1. The average molecular weight is 440 g/mol. The second-order valence-corrected chi connectivity index (χ2v) is 9.97. The van der Waals surface area contributed by atoms with Gasteiger partial charge < -0.3 is 10.2 Å². The zero-order chi connectivity index (χ0) is 21.1. The number of benzene rings is 2. The Balaban J connectivity index is 1.35. The van der Waals surface area contributed by atoms with Crippen LogP contribution in [0, 0.1) is 6.92 Å². The van der Waals surface area contributed by atoms with Crippen molar-refractivity contribution in [3.05, 3.63) is 59.1 Å². The Kier molecular flexibility index (Phi) is 6.39. The lowest BCUT2D eigenvalue weighted by Gasteiger charge is -2.26. The molecule has 2 heterocycles. The van der Waals surface area contributed by atoms with E-state index in [2.05, 4.69) is 11.4 Å². The molecule has 1 aliphatic heterocycles. The third kappa shape index (κ3) is 4.68. The lowest BCUT2D eigenvalue weighted by atomic mass is 10.2. The second kappa shape index (κ2) is 9.18. The predicted molar refractivity (Wildman–Crippen MR) is 125 cm³/mol. The van der Waals surface area contributed by atoms with Crippen molar-refractivity contribution in [2.45, 2.75) is 38.0 Å². The molecule has 156 valence electrons. The highest BCUT2D eigenvalue weighted by Gasteiger charge is 2.34. The number of hydrogen-bond donors (Lipinski definition) is 1. The summed E-state index contributed by atoms with van der Waals surface area (Å²) in [6, 6.07) is 15.8. The van der Waals surface area contributed by atoms with E-state index in [0.717, 1.165) is 45.9 Å². The van der Waals surface area contributed by atoms with Crippen molar-refractivity contribution in [3.63, 3.8) is 0 Å². The minimum Gasteiger partial charge on any atom is -0.332 e. The molecule has 2 aromatic carbocycles. The maximum atomic E-state index is 13.1. The Hall–Kier alpha value is -2.38. The number of para-hydroxylation sites is 1. The number of aryl methyl sites for hydroxylation is 1. The first-order valence-electron chi connectivity index (χ1n) is 10.2. The number of likely N-dealkylation sites (tertiary alicyclic amines) is 1. The number of carbonyl (C=O) groups is 2. The van der Waals surface area contributed by atoms with Crippen LogP contribution in [0.1, 0.15) is 36.4 Å². The number of aromatic nitrogens is 1. The van der Waals surface area contributed by atoms with Gasteiger partial charge in [0.25, 0.3) is 0 Å².